The number of likely N-dealkylation sites (N-methyl/N-ethyl adjacent to an activating group) is 1. The summed E-state index contributed by atoms with van der Waals surface area (Å²) in [5.41, 5.74) is 0.839. The number of piperazine rings is 1. The van der Waals surface area contributed by atoms with E-state index in [0.29, 0.717) is 17.7 Å². The van der Waals surface area contributed by atoms with Gasteiger partial charge in [0.25, 0.3) is 5.91 Å². The van der Waals surface area contributed by atoms with Gasteiger partial charge in [-0.1, -0.05) is 24.3 Å². The van der Waals surface area contributed by atoms with E-state index in [2.05, 4.69) is 22.2 Å². The Hall–Kier alpha value is -2.57. The normalized spacial score (nSPS) is 15.4. The fraction of sp³-hybridized carbons (Fsp3) is 0.364. The first-order valence-corrected chi connectivity index (χ1v) is 9.63. The van der Waals surface area contributed by atoms with Crippen LogP contribution >= 0.6 is 0 Å². The summed E-state index contributed by atoms with van der Waals surface area (Å²) in [4.78, 5) is 29.8. The number of amides is 1. The average Bonchev–Trinajstić information content (AvgIpc) is 2.70. The third-order valence-electron chi connectivity index (χ3n) is 5.07. The minimum absolute atomic E-state index is 0.0152. The van der Waals surface area contributed by atoms with Gasteiger partial charge >= 0.3 is 0 Å². The van der Waals surface area contributed by atoms with Crippen LogP contribution in [0.25, 0.3) is 0 Å². The van der Waals surface area contributed by atoms with E-state index in [9.17, 15) is 14.0 Å². The molecule has 6 heteroatoms. The number of carbonyl (C=O) groups excluding carboxylic acids is 2. The largest absolute Gasteiger partial charge is 0.321 e. The summed E-state index contributed by atoms with van der Waals surface area (Å²) in [5.74, 6) is -1.16. The Morgan fingerprint density at radius 2 is 1.61 bits per heavy atom. The van der Waals surface area contributed by atoms with Crippen molar-refractivity contribution in [3.05, 3.63) is 65.5 Å². The van der Waals surface area contributed by atoms with Crippen LogP contribution < -0.4 is 5.32 Å². The van der Waals surface area contributed by atoms with Crippen LogP contribution in [0.5, 0.6) is 0 Å². The van der Waals surface area contributed by atoms with E-state index < -0.39 is 11.7 Å². The molecule has 5 nitrogen and oxygen atoms in total. The first-order chi connectivity index (χ1) is 13.5. The highest BCUT2D eigenvalue weighted by Crippen LogP contribution is 2.19. The second kappa shape index (κ2) is 9.57. The SMILES string of the molecule is CN1CCN(CCCC(=O)c2ccccc2NC(=O)c2ccccc2F)CC1. The minimum atomic E-state index is -0.587. The molecule has 1 fully saturated rings. The molecule has 1 aliphatic rings. The molecule has 1 aliphatic heterocycles. The second-order valence-electron chi connectivity index (χ2n) is 7.15. The van der Waals surface area contributed by atoms with Crippen molar-refractivity contribution < 1.29 is 14.0 Å². The Bertz CT molecular complexity index is 832. The molecule has 0 atom stereocenters. The van der Waals surface area contributed by atoms with Gasteiger partial charge < -0.3 is 15.1 Å². The summed E-state index contributed by atoms with van der Waals surface area (Å²) in [5, 5.41) is 2.68. The van der Waals surface area contributed by atoms with Gasteiger partial charge in [-0.2, -0.15) is 0 Å². The van der Waals surface area contributed by atoms with Gasteiger partial charge in [-0.15, -0.1) is 0 Å². The number of para-hydroxylation sites is 1. The van der Waals surface area contributed by atoms with Crippen molar-refractivity contribution in [2.24, 2.45) is 0 Å². The van der Waals surface area contributed by atoms with Crippen LogP contribution in [-0.4, -0.2) is 61.3 Å². The molecule has 3 rings (SSSR count). The Morgan fingerprint density at radius 1 is 0.964 bits per heavy atom. The fourth-order valence-corrected chi connectivity index (χ4v) is 3.34. The van der Waals surface area contributed by atoms with Crippen molar-refractivity contribution in [3.63, 3.8) is 0 Å². The summed E-state index contributed by atoms with van der Waals surface area (Å²) in [6.45, 7) is 5.06. The van der Waals surface area contributed by atoms with Gasteiger partial charge in [0.15, 0.2) is 5.78 Å². The van der Waals surface area contributed by atoms with Gasteiger partial charge in [0.2, 0.25) is 0 Å². The Balaban J connectivity index is 1.59. The Labute approximate surface area is 165 Å². The van der Waals surface area contributed by atoms with E-state index in [0.717, 1.165) is 39.1 Å². The van der Waals surface area contributed by atoms with Gasteiger partial charge in [0, 0.05) is 38.2 Å². The molecule has 1 N–H and O–H groups in total. The third kappa shape index (κ3) is 5.24. The topological polar surface area (TPSA) is 52.6 Å². The van der Waals surface area contributed by atoms with E-state index in [4.69, 9.17) is 0 Å². The van der Waals surface area contributed by atoms with E-state index in [1.54, 1.807) is 30.3 Å². The zero-order valence-corrected chi connectivity index (χ0v) is 16.2. The number of nitrogens with one attached hydrogen (secondary N) is 1. The lowest BCUT2D eigenvalue weighted by Crippen LogP contribution is -2.44. The maximum Gasteiger partial charge on any atom is 0.258 e. The number of Topliss-reactive ketones (excluding diaryl/α,β-unsaturated/α-hetero) is 1. The minimum Gasteiger partial charge on any atom is -0.321 e. The number of ketones is 1. The first-order valence-electron chi connectivity index (χ1n) is 9.63. The molecule has 2 aromatic rings. The van der Waals surface area contributed by atoms with Crippen molar-refractivity contribution >= 4 is 17.4 Å². The van der Waals surface area contributed by atoms with Gasteiger partial charge in [0.1, 0.15) is 5.82 Å². The zero-order valence-electron chi connectivity index (χ0n) is 16.2. The molecule has 1 saturated heterocycles. The monoisotopic (exact) mass is 383 g/mol. The standard InChI is InChI=1S/C22H26FN3O2/c1-25-13-15-26(16-14-25)12-6-11-21(27)18-8-3-5-10-20(18)24-22(28)17-7-2-4-9-19(17)23/h2-5,7-10H,6,11-16H2,1H3,(H,24,28). The molecular weight excluding hydrogens is 357 g/mol. The van der Waals surface area contributed by atoms with Crippen molar-refractivity contribution in [3.8, 4) is 0 Å². The van der Waals surface area contributed by atoms with Crippen LogP contribution in [0.2, 0.25) is 0 Å². The molecule has 28 heavy (non-hydrogen) atoms. The average molecular weight is 383 g/mol. The molecule has 0 saturated carbocycles. The fourth-order valence-electron chi connectivity index (χ4n) is 3.34. The molecule has 0 spiro atoms. The molecule has 0 bridgehead atoms. The van der Waals surface area contributed by atoms with Gasteiger partial charge in [-0.05, 0) is 44.3 Å². The van der Waals surface area contributed by atoms with Crippen LogP contribution in [0.1, 0.15) is 33.6 Å². The van der Waals surface area contributed by atoms with Crippen LogP contribution in [0.15, 0.2) is 48.5 Å². The van der Waals surface area contributed by atoms with Gasteiger partial charge in [-0.25, -0.2) is 4.39 Å². The molecule has 0 aromatic heterocycles. The predicted molar refractivity (Wildman–Crippen MR) is 108 cm³/mol. The van der Waals surface area contributed by atoms with E-state index in [1.807, 2.05) is 0 Å². The van der Waals surface area contributed by atoms with Crippen LogP contribution in [0, 0.1) is 5.82 Å². The number of rotatable bonds is 7. The highest BCUT2D eigenvalue weighted by atomic mass is 19.1. The number of hydrogen-bond donors (Lipinski definition) is 1. The molecule has 2 aromatic carbocycles. The summed E-state index contributed by atoms with van der Waals surface area (Å²) in [6, 6.07) is 12.7. The molecule has 0 unspecified atom stereocenters. The van der Waals surface area contributed by atoms with Crippen molar-refractivity contribution in [2.75, 3.05) is 45.1 Å². The maximum atomic E-state index is 13.8. The van der Waals surface area contributed by atoms with Crippen molar-refractivity contribution in [2.45, 2.75) is 12.8 Å². The Morgan fingerprint density at radius 3 is 2.32 bits per heavy atom. The number of hydrogen-bond acceptors (Lipinski definition) is 4. The number of halogens is 1. The summed E-state index contributed by atoms with van der Waals surface area (Å²) >= 11 is 0. The molecule has 0 aliphatic carbocycles. The highest BCUT2D eigenvalue weighted by molar-refractivity contribution is 6.09. The summed E-state index contributed by atoms with van der Waals surface area (Å²) < 4.78 is 13.8. The Kier molecular flexibility index (Phi) is 6.90. The van der Waals surface area contributed by atoms with E-state index in [1.165, 1.54) is 18.2 Å². The maximum absolute atomic E-state index is 13.8. The molecule has 0 radical (unpaired) electrons. The quantitative estimate of drug-likeness (QED) is 0.746. The number of nitrogens with zero attached hydrogens (tertiary/aromatic N) is 2. The van der Waals surface area contributed by atoms with Gasteiger partial charge in [-0.3, -0.25) is 9.59 Å². The van der Waals surface area contributed by atoms with Crippen LogP contribution in [-0.2, 0) is 0 Å². The predicted octanol–water partition coefficient (Wildman–Crippen LogP) is 3.29. The van der Waals surface area contributed by atoms with E-state index in [-0.39, 0.29) is 11.3 Å². The lowest BCUT2D eigenvalue weighted by atomic mass is 10.0. The first kappa shape index (κ1) is 20.2. The number of benzene rings is 2. The summed E-state index contributed by atoms with van der Waals surface area (Å²) in [6.07, 6.45) is 1.19. The smallest absolute Gasteiger partial charge is 0.258 e. The van der Waals surface area contributed by atoms with Crippen molar-refractivity contribution in [1.82, 2.24) is 9.80 Å². The summed E-state index contributed by atoms with van der Waals surface area (Å²) in [7, 11) is 2.12. The molecule has 1 heterocycles. The number of anilines is 1. The van der Waals surface area contributed by atoms with Crippen LogP contribution in [0.4, 0.5) is 10.1 Å². The second-order valence-corrected chi connectivity index (χ2v) is 7.15. The zero-order chi connectivity index (χ0) is 19.9. The van der Waals surface area contributed by atoms with Gasteiger partial charge in [0.05, 0.1) is 11.3 Å². The highest BCUT2D eigenvalue weighted by Gasteiger charge is 2.17. The lowest BCUT2D eigenvalue weighted by molar-refractivity contribution is 0.0968. The lowest BCUT2D eigenvalue weighted by Gasteiger charge is -2.32. The van der Waals surface area contributed by atoms with Crippen molar-refractivity contribution in [1.29, 1.82) is 0 Å². The van der Waals surface area contributed by atoms with E-state index >= 15 is 0 Å². The molecular formula is C22H26FN3O2. The third-order valence-corrected chi connectivity index (χ3v) is 5.07. The number of carbonyl (C=O) groups is 2. The van der Waals surface area contributed by atoms with Crippen LogP contribution in [0.3, 0.4) is 0 Å². The molecule has 1 amide bonds. The molecule has 148 valence electrons.